The van der Waals surface area contributed by atoms with Crippen LogP contribution in [0.4, 0.5) is 0 Å². The number of amides is 1. The van der Waals surface area contributed by atoms with Crippen molar-refractivity contribution in [3.05, 3.63) is 68.5 Å². The lowest BCUT2D eigenvalue weighted by atomic mass is 10.1. The number of halogens is 1. The van der Waals surface area contributed by atoms with Gasteiger partial charge >= 0.3 is 0 Å². The average molecular weight is 420 g/mol. The molecule has 0 atom stereocenters. The summed E-state index contributed by atoms with van der Waals surface area (Å²) < 4.78 is 7.18. The highest BCUT2D eigenvalue weighted by atomic mass is 79.9. The highest BCUT2D eigenvalue weighted by Crippen LogP contribution is 2.30. The van der Waals surface area contributed by atoms with Gasteiger partial charge < -0.3 is 10.1 Å². The minimum absolute atomic E-state index is 0.152. The predicted molar refractivity (Wildman–Crippen MR) is 106 cm³/mol. The van der Waals surface area contributed by atoms with Crippen molar-refractivity contribution in [2.45, 2.75) is 13.5 Å². The minimum Gasteiger partial charge on any atom is -0.488 e. The van der Waals surface area contributed by atoms with Gasteiger partial charge in [-0.1, -0.05) is 59.9 Å². The lowest BCUT2D eigenvalue weighted by molar-refractivity contribution is -0.115. The van der Waals surface area contributed by atoms with Crippen molar-refractivity contribution in [2.75, 3.05) is 0 Å². The van der Waals surface area contributed by atoms with Gasteiger partial charge in [-0.15, -0.1) is 0 Å². The SMILES string of the molecule is Cc1ccc(COc2ccc(C=C3SC(=S)NC3=O)cc2Br)cc1. The van der Waals surface area contributed by atoms with Crippen LogP contribution in [0.25, 0.3) is 6.08 Å². The van der Waals surface area contributed by atoms with Crippen LogP contribution in [0.5, 0.6) is 5.75 Å². The Labute approximate surface area is 158 Å². The minimum atomic E-state index is -0.152. The standard InChI is InChI=1S/C18H14BrNO2S2/c1-11-2-4-12(5-3-11)10-22-15-7-6-13(8-14(15)19)9-16-17(21)20-18(23)24-16/h2-9H,10H2,1H3,(H,20,21,23). The second kappa shape index (κ2) is 7.51. The first-order valence-electron chi connectivity index (χ1n) is 7.24. The molecule has 0 aromatic heterocycles. The Morgan fingerprint density at radius 2 is 2.00 bits per heavy atom. The maximum Gasteiger partial charge on any atom is 0.263 e. The van der Waals surface area contributed by atoms with Crippen molar-refractivity contribution in [1.29, 1.82) is 0 Å². The second-order valence-electron chi connectivity index (χ2n) is 5.32. The zero-order valence-electron chi connectivity index (χ0n) is 12.8. The van der Waals surface area contributed by atoms with E-state index in [2.05, 4.69) is 52.4 Å². The Hall–Kier alpha value is -1.63. The molecule has 24 heavy (non-hydrogen) atoms. The van der Waals surface area contributed by atoms with Crippen LogP contribution in [-0.4, -0.2) is 10.2 Å². The Morgan fingerprint density at radius 3 is 2.62 bits per heavy atom. The molecule has 1 heterocycles. The molecule has 1 amide bonds. The number of hydrogen-bond acceptors (Lipinski definition) is 4. The maximum absolute atomic E-state index is 11.7. The zero-order valence-corrected chi connectivity index (χ0v) is 16.1. The summed E-state index contributed by atoms with van der Waals surface area (Å²) in [5, 5.41) is 2.61. The number of ether oxygens (including phenoxy) is 1. The highest BCUT2D eigenvalue weighted by Gasteiger charge is 2.21. The van der Waals surface area contributed by atoms with Crippen LogP contribution in [-0.2, 0) is 11.4 Å². The fourth-order valence-electron chi connectivity index (χ4n) is 2.14. The number of benzene rings is 2. The lowest BCUT2D eigenvalue weighted by Gasteiger charge is -2.09. The smallest absolute Gasteiger partial charge is 0.263 e. The molecule has 122 valence electrons. The third-order valence-electron chi connectivity index (χ3n) is 3.41. The zero-order chi connectivity index (χ0) is 17.1. The summed E-state index contributed by atoms with van der Waals surface area (Å²) in [6.45, 7) is 2.57. The van der Waals surface area contributed by atoms with E-state index in [1.54, 1.807) is 0 Å². The summed E-state index contributed by atoms with van der Waals surface area (Å²) in [6.07, 6.45) is 1.81. The molecule has 1 N–H and O–H groups in total. The average Bonchev–Trinajstić information content (AvgIpc) is 2.86. The van der Waals surface area contributed by atoms with E-state index >= 15 is 0 Å². The summed E-state index contributed by atoms with van der Waals surface area (Å²) >= 11 is 9.78. The van der Waals surface area contributed by atoms with E-state index in [-0.39, 0.29) is 5.91 Å². The number of carbonyl (C=O) groups excluding carboxylic acids is 1. The number of carbonyl (C=O) groups is 1. The van der Waals surface area contributed by atoms with Crippen LogP contribution in [0, 0.1) is 6.92 Å². The van der Waals surface area contributed by atoms with Crippen molar-refractivity contribution >= 4 is 56.2 Å². The van der Waals surface area contributed by atoms with Gasteiger partial charge in [0.2, 0.25) is 0 Å². The number of thioether (sulfide) groups is 1. The summed E-state index contributed by atoms with van der Waals surface area (Å²) in [6, 6.07) is 14.0. The van der Waals surface area contributed by atoms with Crippen LogP contribution < -0.4 is 10.1 Å². The molecule has 0 saturated carbocycles. The number of nitrogens with one attached hydrogen (secondary N) is 1. The molecule has 3 rings (SSSR count). The van der Waals surface area contributed by atoms with E-state index in [1.807, 2.05) is 24.3 Å². The Bertz CT molecular complexity index is 831. The Morgan fingerprint density at radius 1 is 1.25 bits per heavy atom. The highest BCUT2D eigenvalue weighted by molar-refractivity contribution is 9.10. The summed E-state index contributed by atoms with van der Waals surface area (Å²) in [5.41, 5.74) is 3.25. The number of rotatable bonds is 4. The van der Waals surface area contributed by atoms with Gasteiger partial charge in [-0.3, -0.25) is 4.79 Å². The van der Waals surface area contributed by atoms with E-state index < -0.39 is 0 Å². The molecular formula is C18H14BrNO2S2. The first-order valence-corrected chi connectivity index (χ1v) is 9.26. The van der Waals surface area contributed by atoms with Crippen LogP contribution in [0.15, 0.2) is 51.8 Å². The predicted octanol–water partition coefficient (Wildman–Crippen LogP) is 4.83. The molecule has 1 aliphatic rings. The van der Waals surface area contributed by atoms with Gasteiger partial charge in [-0.25, -0.2) is 0 Å². The van der Waals surface area contributed by atoms with E-state index in [9.17, 15) is 4.79 Å². The molecular weight excluding hydrogens is 406 g/mol. The molecule has 0 aliphatic carbocycles. The molecule has 1 aliphatic heterocycles. The molecule has 3 nitrogen and oxygen atoms in total. The van der Waals surface area contributed by atoms with Crippen molar-refractivity contribution in [1.82, 2.24) is 5.32 Å². The van der Waals surface area contributed by atoms with E-state index in [0.717, 1.165) is 21.3 Å². The van der Waals surface area contributed by atoms with Gasteiger partial charge in [0, 0.05) is 0 Å². The molecule has 2 aromatic rings. The summed E-state index contributed by atoms with van der Waals surface area (Å²) in [7, 11) is 0. The third kappa shape index (κ3) is 4.26. The van der Waals surface area contributed by atoms with Crippen molar-refractivity contribution in [3.8, 4) is 5.75 Å². The van der Waals surface area contributed by atoms with Crippen LogP contribution >= 0.6 is 39.9 Å². The molecule has 0 spiro atoms. The van der Waals surface area contributed by atoms with Crippen molar-refractivity contribution < 1.29 is 9.53 Å². The quantitative estimate of drug-likeness (QED) is 0.568. The number of hydrogen-bond donors (Lipinski definition) is 1. The van der Waals surface area contributed by atoms with Gasteiger partial charge in [0.05, 0.1) is 9.38 Å². The van der Waals surface area contributed by atoms with Gasteiger partial charge in [0.1, 0.15) is 16.7 Å². The van der Waals surface area contributed by atoms with Gasteiger partial charge in [-0.2, -0.15) is 0 Å². The third-order valence-corrected chi connectivity index (χ3v) is 5.19. The number of aryl methyl sites for hydroxylation is 1. The molecule has 0 radical (unpaired) electrons. The summed E-state index contributed by atoms with van der Waals surface area (Å²) in [4.78, 5) is 12.3. The monoisotopic (exact) mass is 419 g/mol. The largest absolute Gasteiger partial charge is 0.488 e. The second-order valence-corrected chi connectivity index (χ2v) is 7.89. The van der Waals surface area contributed by atoms with E-state index in [1.165, 1.54) is 17.3 Å². The Kier molecular flexibility index (Phi) is 5.38. The van der Waals surface area contributed by atoms with Crippen LogP contribution in [0.1, 0.15) is 16.7 Å². The topological polar surface area (TPSA) is 38.3 Å². The first-order chi connectivity index (χ1) is 11.5. The number of thiocarbonyl (C=S) groups is 1. The van der Waals surface area contributed by atoms with E-state index in [4.69, 9.17) is 17.0 Å². The van der Waals surface area contributed by atoms with Crippen LogP contribution in [0.2, 0.25) is 0 Å². The van der Waals surface area contributed by atoms with Gasteiger partial charge in [0.25, 0.3) is 5.91 Å². The fourth-order valence-corrected chi connectivity index (χ4v) is 3.70. The van der Waals surface area contributed by atoms with Crippen molar-refractivity contribution in [2.24, 2.45) is 0 Å². The summed E-state index contributed by atoms with van der Waals surface area (Å²) in [5.74, 6) is 0.609. The molecule has 1 fully saturated rings. The molecule has 2 aromatic carbocycles. The maximum atomic E-state index is 11.7. The lowest BCUT2D eigenvalue weighted by Crippen LogP contribution is -2.17. The van der Waals surface area contributed by atoms with Crippen molar-refractivity contribution in [3.63, 3.8) is 0 Å². The molecule has 6 heteroatoms. The Balaban J connectivity index is 1.70. The van der Waals surface area contributed by atoms with Gasteiger partial charge in [-0.05, 0) is 52.2 Å². The normalized spacial score (nSPS) is 15.7. The first kappa shape index (κ1) is 17.2. The molecule has 0 bridgehead atoms. The van der Waals surface area contributed by atoms with Crippen LogP contribution in [0.3, 0.4) is 0 Å². The molecule has 1 saturated heterocycles. The molecule has 0 unspecified atom stereocenters. The fraction of sp³-hybridized carbons (Fsp3) is 0.111. The van der Waals surface area contributed by atoms with Gasteiger partial charge in [0.15, 0.2) is 0 Å². The van der Waals surface area contributed by atoms with E-state index in [0.29, 0.717) is 15.8 Å².